The molecule has 0 spiro atoms. The average molecular weight is 540 g/mol. The molecule has 1 atom stereocenters. The monoisotopic (exact) mass is 539 g/mol. The maximum atomic E-state index is 13.1. The molecule has 3 rings (SSSR count). The van der Waals surface area contributed by atoms with Gasteiger partial charge < -0.3 is 10.6 Å². The molecule has 1 saturated heterocycles. The Bertz CT molecular complexity index is 1150. The second kappa shape index (κ2) is 11.9. The Morgan fingerprint density at radius 2 is 1.84 bits per heavy atom. The lowest BCUT2D eigenvalue weighted by molar-refractivity contribution is -0.184. The van der Waals surface area contributed by atoms with Gasteiger partial charge in [-0.05, 0) is 62.3 Å². The molecule has 204 valence electrons. The number of hydrogen-bond donors (Lipinski definition) is 1. The largest absolute Gasteiger partial charge is 0.391 e. The van der Waals surface area contributed by atoms with Crippen molar-refractivity contribution in [3.63, 3.8) is 0 Å². The minimum absolute atomic E-state index is 0.0467. The minimum atomic E-state index is -4.13. The number of nitrogens with zero attached hydrogens (tertiary/aromatic N) is 2. The Morgan fingerprint density at radius 1 is 1.16 bits per heavy atom. The third-order valence-electron chi connectivity index (χ3n) is 7.33. The molecule has 2 aliphatic rings. The number of rotatable bonds is 8. The van der Waals surface area contributed by atoms with Crippen molar-refractivity contribution >= 4 is 21.4 Å². The first-order valence-corrected chi connectivity index (χ1v) is 14.4. The number of amides is 1. The Morgan fingerprint density at radius 3 is 2.41 bits per heavy atom. The molecule has 1 aliphatic heterocycles. The molecule has 2 fully saturated rings. The fourth-order valence-electron chi connectivity index (χ4n) is 5.25. The number of anilines is 1. The van der Waals surface area contributed by atoms with Gasteiger partial charge >= 0.3 is 6.18 Å². The van der Waals surface area contributed by atoms with Crippen LogP contribution in [0.4, 0.5) is 18.9 Å². The van der Waals surface area contributed by atoms with Crippen molar-refractivity contribution in [2.75, 3.05) is 37.3 Å². The molecule has 37 heavy (non-hydrogen) atoms. The van der Waals surface area contributed by atoms with E-state index < -0.39 is 27.8 Å². The zero-order valence-corrected chi connectivity index (χ0v) is 22.2. The van der Waals surface area contributed by atoms with Gasteiger partial charge in [0.05, 0.1) is 22.4 Å². The number of primary amides is 1. The van der Waals surface area contributed by atoms with E-state index in [1.807, 2.05) is 31.2 Å². The van der Waals surface area contributed by atoms with Gasteiger partial charge in [0, 0.05) is 38.1 Å². The number of sulfone groups is 1. The van der Waals surface area contributed by atoms with Crippen LogP contribution in [0.15, 0.2) is 59.6 Å². The van der Waals surface area contributed by atoms with E-state index in [-0.39, 0.29) is 35.3 Å². The molecule has 10 heteroatoms. The molecule has 1 amide bonds. The molecular weight excluding hydrogens is 503 g/mol. The van der Waals surface area contributed by atoms with E-state index in [9.17, 15) is 26.4 Å². The molecule has 0 aromatic heterocycles. The first-order chi connectivity index (χ1) is 17.3. The summed E-state index contributed by atoms with van der Waals surface area (Å²) < 4.78 is 64.0. The second-order valence-corrected chi connectivity index (χ2v) is 12.0. The molecule has 0 bridgehead atoms. The molecule has 1 saturated carbocycles. The van der Waals surface area contributed by atoms with Crippen molar-refractivity contribution in [1.82, 2.24) is 4.90 Å². The molecule has 2 N–H and O–H groups in total. The highest BCUT2D eigenvalue weighted by molar-refractivity contribution is 7.90. The van der Waals surface area contributed by atoms with Crippen LogP contribution in [0.2, 0.25) is 0 Å². The van der Waals surface area contributed by atoms with Crippen LogP contribution in [-0.2, 0) is 9.84 Å². The van der Waals surface area contributed by atoms with Gasteiger partial charge in [-0.2, -0.15) is 13.2 Å². The van der Waals surface area contributed by atoms with E-state index in [1.54, 1.807) is 6.07 Å². The average Bonchev–Trinajstić information content (AvgIpc) is 2.83. The molecule has 6 nitrogen and oxygen atoms in total. The molecule has 0 radical (unpaired) electrons. The first kappa shape index (κ1) is 29.0. The van der Waals surface area contributed by atoms with E-state index in [0.29, 0.717) is 44.7 Å². The number of benzene rings is 1. The number of carbonyl (C=O) groups is 1. The van der Waals surface area contributed by atoms with Gasteiger partial charge in [0.15, 0.2) is 9.84 Å². The third-order valence-corrected chi connectivity index (χ3v) is 8.47. The Kier molecular flexibility index (Phi) is 9.28. The van der Waals surface area contributed by atoms with Crippen LogP contribution < -0.4 is 10.6 Å². The lowest BCUT2D eigenvalue weighted by atomic mass is 9.81. The molecule has 0 unspecified atom stereocenters. The summed E-state index contributed by atoms with van der Waals surface area (Å²) in [5.41, 5.74) is 6.86. The van der Waals surface area contributed by atoms with Crippen molar-refractivity contribution in [1.29, 1.82) is 0 Å². The zero-order valence-electron chi connectivity index (χ0n) is 21.4. The van der Waals surface area contributed by atoms with Crippen LogP contribution in [0.3, 0.4) is 0 Å². The summed E-state index contributed by atoms with van der Waals surface area (Å²) >= 11 is 0. The Balaban J connectivity index is 1.81. The van der Waals surface area contributed by atoms with E-state index in [1.165, 1.54) is 12.1 Å². The number of halogens is 3. The number of alkyl halides is 3. The molecule has 1 aliphatic carbocycles. The van der Waals surface area contributed by atoms with Gasteiger partial charge in [0.1, 0.15) is 0 Å². The summed E-state index contributed by atoms with van der Waals surface area (Å²) in [4.78, 5) is 16.0. The summed E-state index contributed by atoms with van der Waals surface area (Å²) in [6.45, 7) is 8.63. The summed E-state index contributed by atoms with van der Waals surface area (Å²) in [5.74, 6) is -1.83. The van der Waals surface area contributed by atoms with Crippen LogP contribution in [-0.4, -0.2) is 63.9 Å². The van der Waals surface area contributed by atoms with Crippen molar-refractivity contribution in [3.8, 4) is 0 Å². The molecule has 1 aromatic rings. The van der Waals surface area contributed by atoms with Crippen molar-refractivity contribution in [2.24, 2.45) is 17.6 Å². The second-order valence-electron chi connectivity index (χ2n) is 9.99. The van der Waals surface area contributed by atoms with E-state index in [4.69, 9.17) is 5.73 Å². The summed E-state index contributed by atoms with van der Waals surface area (Å²) in [6, 6.07) is 4.51. The maximum Gasteiger partial charge on any atom is 0.391 e. The standard InChI is InChI=1S/C27H36F3N3O3S/c1-4-5-6-7-19(2)24-18-32(22-12-13-23(26(31)34)25(16-22)37(3,35)36)14-15-33(24)17-20-8-10-21(11-9-20)27(28,29)30/h4-7,12-13,16,20-21,24H,2,8-11,14-15,17-18H2,1,3H3,(H2,31,34)/b5-4-,7-6-/t20-,21-,24-/m0/s1. The predicted molar refractivity (Wildman–Crippen MR) is 140 cm³/mol. The smallest absolute Gasteiger partial charge is 0.368 e. The highest BCUT2D eigenvalue weighted by Gasteiger charge is 2.42. The fourth-order valence-corrected chi connectivity index (χ4v) is 6.15. The molecule has 1 heterocycles. The van der Waals surface area contributed by atoms with Crippen LogP contribution in [0.5, 0.6) is 0 Å². The lowest BCUT2D eigenvalue weighted by Gasteiger charge is -2.45. The van der Waals surface area contributed by atoms with Gasteiger partial charge in [-0.15, -0.1) is 0 Å². The maximum absolute atomic E-state index is 13.1. The van der Waals surface area contributed by atoms with Crippen molar-refractivity contribution in [3.05, 3.63) is 60.2 Å². The molecule has 1 aromatic carbocycles. The molecular formula is C27H36F3N3O3S. The van der Waals surface area contributed by atoms with E-state index >= 15 is 0 Å². The summed E-state index contributed by atoms with van der Waals surface area (Å²) in [5, 5.41) is 0. The number of nitrogens with two attached hydrogens (primary N) is 1. The summed E-state index contributed by atoms with van der Waals surface area (Å²) in [6.07, 6.45) is 5.98. The van der Waals surface area contributed by atoms with Crippen molar-refractivity contribution < 1.29 is 26.4 Å². The van der Waals surface area contributed by atoms with Crippen LogP contribution >= 0.6 is 0 Å². The van der Waals surface area contributed by atoms with Crippen molar-refractivity contribution in [2.45, 2.75) is 49.7 Å². The topological polar surface area (TPSA) is 83.7 Å². The van der Waals surface area contributed by atoms with E-state index in [0.717, 1.165) is 11.8 Å². The van der Waals surface area contributed by atoms with Gasteiger partial charge in [-0.25, -0.2) is 8.42 Å². The van der Waals surface area contributed by atoms with Crippen LogP contribution in [0.1, 0.15) is 43.0 Å². The summed E-state index contributed by atoms with van der Waals surface area (Å²) in [7, 11) is -3.68. The predicted octanol–water partition coefficient (Wildman–Crippen LogP) is 4.74. The normalized spacial score (nSPS) is 24.1. The number of piperazine rings is 1. The minimum Gasteiger partial charge on any atom is -0.368 e. The lowest BCUT2D eigenvalue weighted by Crippen LogP contribution is -2.55. The fraction of sp³-hybridized carbons (Fsp3) is 0.519. The van der Waals surface area contributed by atoms with E-state index in [2.05, 4.69) is 16.4 Å². The number of hydrogen-bond acceptors (Lipinski definition) is 5. The van der Waals surface area contributed by atoms with Gasteiger partial charge in [-0.3, -0.25) is 9.69 Å². The van der Waals surface area contributed by atoms with Crippen LogP contribution in [0.25, 0.3) is 0 Å². The first-order valence-electron chi connectivity index (χ1n) is 12.5. The van der Waals surface area contributed by atoms with Gasteiger partial charge in [-0.1, -0.05) is 30.9 Å². The SMILES string of the molecule is C=C(/C=C\C=C/C)[C@@H]1CN(c2ccc(C(N)=O)c(S(C)(=O)=O)c2)CCN1C[C@H]1CC[C@H](C(F)(F)F)CC1. The number of allylic oxidation sites excluding steroid dienone is 3. The zero-order chi connectivity index (χ0) is 27.4. The van der Waals surface area contributed by atoms with Gasteiger partial charge in [0.25, 0.3) is 0 Å². The van der Waals surface area contributed by atoms with Gasteiger partial charge in [0.2, 0.25) is 5.91 Å². The Labute approximate surface area is 217 Å². The highest BCUT2D eigenvalue weighted by atomic mass is 32.2. The third kappa shape index (κ3) is 7.47. The number of carbonyl (C=O) groups excluding carboxylic acids is 1. The Hall–Kier alpha value is -2.59. The quantitative estimate of drug-likeness (QED) is 0.483. The van der Waals surface area contributed by atoms with Crippen LogP contribution in [0, 0.1) is 11.8 Å². The highest BCUT2D eigenvalue weighted by Crippen LogP contribution is 2.40.